The van der Waals surface area contributed by atoms with Crippen molar-refractivity contribution in [1.82, 2.24) is 10.3 Å². The van der Waals surface area contributed by atoms with E-state index < -0.39 is 0 Å². The molecule has 1 aromatic heterocycles. The number of ether oxygens (including phenoxy) is 1. The van der Waals surface area contributed by atoms with Crippen LogP contribution in [-0.2, 0) is 9.53 Å². The molecule has 1 fully saturated rings. The Morgan fingerprint density at radius 1 is 1.59 bits per heavy atom. The maximum Gasteiger partial charge on any atom is 0.231 e. The lowest BCUT2D eigenvalue weighted by molar-refractivity contribution is -0.120. The van der Waals surface area contributed by atoms with Crippen LogP contribution in [0.15, 0.2) is 18.3 Å². The molecule has 0 bridgehead atoms. The van der Waals surface area contributed by atoms with Crippen molar-refractivity contribution in [3.63, 3.8) is 0 Å². The van der Waals surface area contributed by atoms with E-state index in [0.717, 1.165) is 0 Å². The van der Waals surface area contributed by atoms with Crippen LogP contribution in [0.3, 0.4) is 0 Å². The lowest BCUT2D eigenvalue weighted by Crippen LogP contribution is -2.39. The van der Waals surface area contributed by atoms with Crippen LogP contribution in [-0.4, -0.2) is 37.2 Å². The Labute approximate surface area is 105 Å². The molecule has 0 saturated carbocycles. The summed E-state index contributed by atoms with van der Waals surface area (Å²) in [6.07, 6.45) is 1.58. The van der Waals surface area contributed by atoms with Gasteiger partial charge in [-0.15, -0.1) is 0 Å². The largest absolute Gasteiger partial charge is 0.379 e. The zero-order valence-corrected chi connectivity index (χ0v) is 10.2. The quantitative estimate of drug-likeness (QED) is 0.788. The summed E-state index contributed by atoms with van der Waals surface area (Å²) in [4.78, 5) is 15.9. The predicted octanol–water partition coefficient (Wildman–Crippen LogP) is 0.908. The molecule has 2 rings (SSSR count). The van der Waals surface area contributed by atoms with Crippen molar-refractivity contribution >= 4 is 23.2 Å². The molecular weight excluding hydrogens is 242 g/mol. The van der Waals surface area contributed by atoms with Crippen LogP contribution in [0.2, 0.25) is 5.15 Å². The van der Waals surface area contributed by atoms with Crippen LogP contribution in [0.25, 0.3) is 0 Å². The fraction of sp³-hybridized carbons (Fsp3) is 0.455. The average molecular weight is 256 g/mol. The van der Waals surface area contributed by atoms with Crippen molar-refractivity contribution in [2.24, 2.45) is 5.92 Å². The molecule has 92 valence electrons. The highest BCUT2D eigenvalue weighted by Crippen LogP contribution is 2.20. The van der Waals surface area contributed by atoms with E-state index in [-0.39, 0.29) is 17.9 Å². The number of rotatable bonds is 3. The molecule has 17 heavy (non-hydrogen) atoms. The Balaban J connectivity index is 2.04. The number of aromatic nitrogens is 1. The van der Waals surface area contributed by atoms with Crippen molar-refractivity contribution in [3.8, 4) is 0 Å². The van der Waals surface area contributed by atoms with E-state index in [1.54, 1.807) is 18.3 Å². The fourth-order valence-corrected chi connectivity index (χ4v) is 1.97. The Bertz CT molecular complexity index is 413. The minimum absolute atomic E-state index is 0.0467. The molecule has 1 aliphatic rings. The fourth-order valence-electron chi connectivity index (χ4n) is 1.80. The highest BCUT2D eigenvalue weighted by atomic mass is 35.5. The number of amides is 1. The molecule has 0 radical (unpaired) electrons. The Morgan fingerprint density at radius 2 is 2.41 bits per heavy atom. The summed E-state index contributed by atoms with van der Waals surface area (Å²) in [6.45, 7) is 0.977. The number of anilines is 1. The number of pyridine rings is 1. The molecule has 6 heteroatoms. The van der Waals surface area contributed by atoms with Crippen molar-refractivity contribution < 1.29 is 9.53 Å². The van der Waals surface area contributed by atoms with Gasteiger partial charge in [-0.3, -0.25) is 4.79 Å². The molecule has 0 spiro atoms. The van der Waals surface area contributed by atoms with Gasteiger partial charge < -0.3 is 15.4 Å². The molecule has 1 aromatic rings. The van der Waals surface area contributed by atoms with E-state index in [1.807, 2.05) is 7.05 Å². The number of hydrogen-bond donors (Lipinski definition) is 2. The SMILES string of the molecule is CNC1COCC1C(=O)Nc1cccnc1Cl. The van der Waals surface area contributed by atoms with Gasteiger partial charge in [0.25, 0.3) is 0 Å². The first kappa shape index (κ1) is 12.3. The summed E-state index contributed by atoms with van der Waals surface area (Å²) in [5.74, 6) is -0.298. The molecule has 1 amide bonds. The van der Waals surface area contributed by atoms with Gasteiger partial charge in [-0.2, -0.15) is 0 Å². The molecule has 1 aliphatic heterocycles. The minimum atomic E-state index is -0.198. The molecule has 0 aromatic carbocycles. The van der Waals surface area contributed by atoms with E-state index in [0.29, 0.717) is 24.1 Å². The molecule has 2 heterocycles. The first-order valence-corrected chi connectivity index (χ1v) is 5.76. The molecule has 2 unspecified atom stereocenters. The van der Waals surface area contributed by atoms with E-state index >= 15 is 0 Å². The number of hydrogen-bond acceptors (Lipinski definition) is 4. The number of likely N-dealkylation sites (N-methyl/N-ethyl adjacent to an activating group) is 1. The van der Waals surface area contributed by atoms with Crippen molar-refractivity contribution in [2.75, 3.05) is 25.6 Å². The number of nitrogens with zero attached hydrogens (tertiary/aromatic N) is 1. The van der Waals surface area contributed by atoms with Gasteiger partial charge in [0.15, 0.2) is 5.15 Å². The molecule has 2 atom stereocenters. The maximum absolute atomic E-state index is 12.0. The summed E-state index contributed by atoms with van der Waals surface area (Å²) in [7, 11) is 1.82. The highest BCUT2D eigenvalue weighted by molar-refractivity contribution is 6.32. The number of carbonyl (C=O) groups is 1. The second-order valence-electron chi connectivity index (χ2n) is 3.87. The standard InChI is InChI=1S/C11H14ClN3O2/c1-13-9-6-17-5-7(9)11(16)15-8-3-2-4-14-10(8)12/h2-4,7,9,13H,5-6H2,1H3,(H,15,16). The van der Waals surface area contributed by atoms with Gasteiger partial charge in [-0.1, -0.05) is 11.6 Å². The Morgan fingerprint density at radius 3 is 3.12 bits per heavy atom. The van der Waals surface area contributed by atoms with Crippen molar-refractivity contribution in [1.29, 1.82) is 0 Å². The molecule has 1 saturated heterocycles. The van der Waals surface area contributed by atoms with Crippen molar-refractivity contribution in [2.45, 2.75) is 6.04 Å². The predicted molar refractivity (Wildman–Crippen MR) is 65.0 cm³/mol. The molecule has 0 aliphatic carbocycles. The highest BCUT2D eigenvalue weighted by Gasteiger charge is 2.33. The first-order chi connectivity index (χ1) is 8.22. The van der Waals surface area contributed by atoms with Gasteiger partial charge in [0.05, 0.1) is 24.8 Å². The van der Waals surface area contributed by atoms with Crippen LogP contribution in [0.1, 0.15) is 0 Å². The van der Waals surface area contributed by atoms with Gasteiger partial charge in [0.1, 0.15) is 0 Å². The third-order valence-electron chi connectivity index (χ3n) is 2.81. The van der Waals surface area contributed by atoms with E-state index in [2.05, 4.69) is 15.6 Å². The van der Waals surface area contributed by atoms with Gasteiger partial charge in [0, 0.05) is 12.2 Å². The second kappa shape index (κ2) is 5.44. The minimum Gasteiger partial charge on any atom is -0.379 e. The normalized spacial score (nSPS) is 23.6. The second-order valence-corrected chi connectivity index (χ2v) is 4.23. The Hall–Kier alpha value is -1.17. The topological polar surface area (TPSA) is 63.2 Å². The summed E-state index contributed by atoms with van der Waals surface area (Å²) in [6, 6.07) is 3.49. The number of halogens is 1. The average Bonchev–Trinajstić information content (AvgIpc) is 2.80. The van der Waals surface area contributed by atoms with E-state index in [1.165, 1.54) is 0 Å². The van der Waals surface area contributed by atoms with Crippen LogP contribution in [0.4, 0.5) is 5.69 Å². The van der Waals surface area contributed by atoms with E-state index in [4.69, 9.17) is 16.3 Å². The number of carbonyl (C=O) groups excluding carboxylic acids is 1. The third kappa shape index (κ3) is 2.74. The smallest absolute Gasteiger partial charge is 0.231 e. The molecule has 2 N–H and O–H groups in total. The molecular formula is C11H14ClN3O2. The summed E-state index contributed by atoms with van der Waals surface area (Å²) < 4.78 is 5.28. The van der Waals surface area contributed by atoms with Gasteiger partial charge in [-0.25, -0.2) is 4.98 Å². The van der Waals surface area contributed by atoms with Crippen LogP contribution in [0, 0.1) is 5.92 Å². The van der Waals surface area contributed by atoms with Crippen LogP contribution in [0.5, 0.6) is 0 Å². The lowest BCUT2D eigenvalue weighted by atomic mass is 10.0. The van der Waals surface area contributed by atoms with Gasteiger partial charge in [0.2, 0.25) is 5.91 Å². The van der Waals surface area contributed by atoms with Crippen LogP contribution >= 0.6 is 11.6 Å². The summed E-state index contributed by atoms with van der Waals surface area (Å²) in [5.41, 5.74) is 0.529. The first-order valence-electron chi connectivity index (χ1n) is 5.38. The monoisotopic (exact) mass is 255 g/mol. The number of nitrogens with one attached hydrogen (secondary N) is 2. The van der Waals surface area contributed by atoms with E-state index in [9.17, 15) is 4.79 Å². The summed E-state index contributed by atoms with van der Waals surface area (Å²) in [5, 5.41) is 6.12. The molecule has 5 nitrogen and oxygen atoms in total. The summed E-state index contributed by atoms with van der Waals surface area (Å²) >= 11 is 5.87. The lowest BCUT2D eigenvalue weighted by Gasteiger charge is -2.16. The Kier molecular flexibility index (Phi) is 3.93. The van der Waals surface area contributed by atoms with Gasteiger partial charge in [-0.05, 0) is 19.2 Å². The zero-order chi connectivity index (χ0) is 12.3. The van der Waals surface area contributed by atoms with Gasteiger partial charge >= 0.3 is 0 Å². The third-order valence-corrected chi connectivity index (χ3v) is 3.11. The zero-order valence-electron chi connectivity index (χ0n) is 9.44. The maximum atomic E-state index is 12.0. The van der Waals surface area contributed by atoms with Crippen LogP contribution < -0.4 is 10.6 Å². The van der Waals surface area contributed by atoms with Crippen molar-refractivity contribution in [3.05, 3.63) is 23.5 Å².